The predicted octanol–water partition coefficient (Wildman–Crippen LogP) is 3.99. The second-order valence-corrected chi connectivity index (χ2v) is 4.78. The van der Waals surface area contributed by atoms with Crippen molar-refractivity contribution in [1.29, 1.82) is 0 Å². The third kappa shape index (κ3) is 1.97. The lowest BCUT2D eigenvalue weighted by Gasteiger charge is -2.06. The fourth-order valence-corrected chi connectivity index (χ4v) is 2.36. The summed E-state index contributed by atoms with van der Waals surface area (Å²) in [5.74, 6) is 0.570. The van der Waals surface area contributed by atoms with Crippen LogP contribution in [0.25, 0.3) is 28.2 Å². The molecule has 0 saturated carbocycles. The number of para-hydroxylation sites is 2. The molecule has 4 heteroatoms. The van der Waals surface area contributed by atoms with Gasteiger partial charge in [-0.3, -0.25) is 0 Å². The van der Waals surface area contributed by atoms with E-state index in [4.69, 9.17) is 4.42 Å². The Morgan fingerprint density at radius 1 is 0.952 bits per heavy atom. The molecular weight excluding hydrogens is 264 g/mol. The van der Waals surface area contributed by atoms with Crippen molar-refractivity contribution < 1.29 is 9.52 Å². The van der Waals surface area contributed by atoms with E-state index in [1.54, 1.807) is 6.07 Å². The van der Waals surface area contributed by atoms with E-state index in [1.807, 2.05) is 65.5 Å². The number of aromatic hydroxyl groups is 1. The van der Waals surface area contributed by atoms with Gasteiger partial charge in [0.05, 0.1) is 5.56 Å². The smallest absolute Gasteiger partial charge is 0.231 e. The molecule has 4 aromatic rings. The molecule has 1 N–H and O–H groups in total. The van der Waals surface area contributed by atoms with Crippen molar-refractivity contribution in [3.63, 3.8) is 0 Å². The lowest BCUT2D eigenvalue weighted by molar-refractivity contribution is 0.474. The Morgan fingerprint density at radius 2 is 1.76 bits per heavy atom. The normalized spacial score (nSPS) is 11.0. The molecule has 0 radical (unpaired) electrons. The second-order valence-electron chi connectivity index (χ2n) is 4.78. The number of hydrogen-bond acceptors (Lipinski definition) is 3. The van der Waals surface area contributed by atoms with Crippen molar-refractivity contribution in [2.75, 3.05) is 0 Å². The molecule has 0 unspecified atom stereocenters. The molecule has 0 aliphatic rings. The summed E-state index contributed by atoms with van der Waals surface area (Å²) in [5.41, 5.74) is 2.96. The van der Waals surface area contributed by atoms with Crippen LogP contribution >= 0.6 is 0 Å². The molecular formula is C17H12N2O2. The first-order chi connectivity index (χ1) is 10.3. The second kappa shape index (κ2) is 4.52. The highest BCUT2D eigenvalue weighted by Gasteiger charge is 2.12. The van der Waals surface area contributed by atoms with E-state index in [0.29, 0.717) is 17.0 Å². The average Bonchev–Trinajstić information content (AvgIpc) is 3.16. The third-order valence-corrected chi connectivity index (χ3v) is 3.41. The lowest BCUT2D eigenvalue weighted by Crippen LogP contribution is -1.89. The summed E-state index contributed by atoms with van der Waals surface area (Å²) < 4.78 is 7.61. The van der Waals surface area contributed by atoms with Crippen LogP contribution in [0.15, 0.2) is 71.4 Å². The van der Waals surface area contributed by atoms with Crippen molar-refractivity contribution in [3.05, 3.63) is 67.0 Å². The number of phenolic OH excluding ortho intramolecular Hbond substituents is 1. The van der Waals surface area contributed by atoms with Crippen LogP contribution < -0.4 is 0 Å². The Balaban J connectivity index is 1.81. The number of nitrogens with zero attached hydrogens (tertiary/aromatic N) is 2. The number of hydrogen-bond donors (Lipinski definition) is 1. The molecule has 0 saturated heterocycles. The minimum atomic E-state index is 0.146. The molecule has 2 heterocycles. The van der Waals surface area contributed by atoms with Crippen molar-refractivity contribution in [1.82, 2.24) is 9.55 Å². The predicted molar refractivity (Wildman–Crippen MR) is 80.4 cm³/mol. The summed E-state index contributed by atoms with van der Waals surface area (Å²) in [4.78, 5) is 4.40. The van der Waals surface area contributed by atoms with Crippen LogP contribution in [0.3, 0.4) is 0 Å². The molecule has 4 nitrogen and oxygen atoms in total. The molecule has 21 heavy (non-hydrogen) atoms. The minimum absolute atomic E-state index is 0.146. The number of aromatic nitrogens is 2. The molecule has 102 valence electrons. The van der Waals surface area contributed by atoms with Crippen LogP contribution in [0.1, 0.15) is 0 Å². The third-order valence-electron chi connectivity index (χ3n) is 3.41. The largest absolute Gasteiger partial charge is 0.507 e. The van der Waals surface area contributed by atoms with Gasteiger partial charge in [0.25, 0.3) is 0 Å². The van der Waals surface area contributed by atoms with E-state index in [-0.39, 0.29) is 5.75 Å². The van der Waals surface area contributed by atoms with Gasteiger partial charge in [0.15, 0.2) is 5.58 Å². The fourth-order valence-electron chi connectivity index (χ4n) is 2.36. The Labute approximate surface area is 120 Å². The van der Waals surface area contributed by atoms with Gasteiger partial charge in [-0.25, -0.2) is 4.98 Å². The van der Waals surface area contributed by atoms with E-state index < -0.39 is 0 Å². The zero-order chi connectivity index (χ0) is 14.2. The van der Waals surface area contributed by atoms with Gasteiger partial charge < -0.3 is 14.1 Å². The van der Waals surface area contributed by atoms with Gasteiger partial charge in [0.1, 0.15) is 11.3 Å². The summed E-state index contributed by atoms with van der Waals surface area (Å²) >= 11 is 0. The van der Waals surface area contributed by atoms with Gasteiger partial charge in [-0.05, 0) is 36.4 Å². The van der Waals surface area contributed by atoms with Crippen LogP contribution in [-0.2, 0) is 0 Å². The molecule has 0 amide bonds. The van der Waals surface area contributed by atoms with Gasteiger partial charge in [-0.2, -0.15) is 0 Å². The molecule has 0 spiro atoms. The average molecular weight is 276 g/mol. The summed E-state index contributed by atoms with van der Waals surface area (Å²) in [6, 6.07) is 16.8. The van der Waals surface area contributed by atoms with Gasteiger partial charge in [-0.15, -0.1) is 0 Å². The van der Waals surface area contributed by atoms with Crippen LogP contribution in [0.2, 0.25) is 0 Å². The first-order valence-electron chi connectivity index (χ1n) is 6.63. The molecule has 2 aromatic carbocycles. The molecule has 0 aliphatic carbocycles. The Kier molecular flexibility index (Phi) is 2.54. The lowest BCUT2D eigenvalue weighted by atomic mass is 10.2. The first kappa shape index (κ1) is 11.8. The zero-order valence-electron chi connectivity index (χ0n) is 11.1. The van der Waals surface area contributed by atoms with Crippen molar-refractivity contribution in [3.8, 4) is 22.9 Å². The van der Waals surface area contributed by atoms with Gasteiger partial charge in [0, 0.05) is 24.1 Å². The molecule has 0 bridgehead atoms. The summed E-state index contributed by atoms with van der Waals surface area (Å²) in [7, 11) is 0. The van der Waals surface area contributed by atoms with Crippen molar-refractivity contribution in [2.24, 2.45) is 0 Å². The Morgan fingerprint density at radius 3 is 2.52 bits per heavy atom. The maximum Gasteiger partial charge on any atom is 0.231 e. The first-order valence-corrected chi connectivity index (χ1v) is 6.63. The molecule has 0 atom stereocenters. The zero-order valence-corrected chi connectivity index (χ0v) is 11.1. The van der Waals surface area contributed by atoms with Gasteiger partial charge in [-0.1, -0.05) is 12.1 Å². The number of phenols is 1. The highest BCUT2D eigenvalue weighted by atomic mass is 16.3. The quantitative estimate of drug-likeness (QED) is 0.602. The topological polar surface area (TPSA) is 51.2 Å². The SMILES string of the molecule is Oc1cc(-n2cccc2)ccc1-c1nc2ccccc2o1. The van der Waals surface area contributed by atoms with Crippen LogP contribution in [0.5, 0.6) is 5.75 Å². The van der Waals surface area contributed by atoms with E-state index in [1.165, 1.54) is 0 Å². The van der Waals surface area contributed by atoms with Crippen molar-refractivity contribution in [2.45, 2.75) is 0 Å². The molecule has 0 fully saturated rings. The molecule has 4 rings (SSSR count). The number of fused-ring (bicyclic) bond motifs is 1. The van der Waals surface area contributed by atoms with E-state index in [0.717, 1.165) is 11.2 Å². The number of benzene rings is 2. The van der Waals surface area contributed by atoms with Crippen molar-refractivity contribution >= 4 is 11.1 Å². The van der Waals surface area contributed by atoms with Crippen LogP contribution in [0, 0.1) is 0 Å². The summed E-state index contributed by atoms with van der Waals surface area (Å²) in [6.45, 7) is 0. The minimum Gasteiger partial charge on any atom is -0.507 e. The van der Waals surface area contributed by atoms with E-state index >= 15 is 0 Å². The molecule has 0 aliphatic heterocycles. The monoisotopic (exact) mass is 276 g/mol. The van der Waals surface area contributed by atoms with Crippen LogP contribution in [0.4, 0.5) is 0 Å². The van der Waals surface area contributed by atoms with Crippen LogP contribution in [-0.4, -0.2) is 14.7 Å². The summed E-state index contributed by atoms with van der Waals surface area (Å²) in [5, 5.41) is 10.3. The summed E-state index contributed by atoms with van der Waals surface area (Å²) in [6.07, 6.45) is 3.85. The molecule has 2 aromatic heterocycles. The number of oxazole rings is 1. The standard InChI is InChI=1S/C17H12N2O2/c20-15-11-12(19-9-3-4-10-19)7-8-13(15)17-18-14-5-1-2-6-16(14)21-17/h1-11,20H. The Hall–Kier alpha value is -3.01. The highest BCUT2D eigenvalue weighted by molar-refractivity contribution is 5.77. The fraction of sp³-hybridized carbons (Fsp3) is 0. The number of rotatable bonds is 2. The maximum absolute atomic E-state index is 10.3. The van der Waals surface area contributed by atoms with Gasteiger partial charge in [0.2, 0.25) is 5.89 Å². The maximum atomic E-state index is 10.3. The van der Waals surface area contributed by atoms with E-state index in [2.05, 4.69) is 4.98 Å². The highest BCUT2D eigenvalue weighted by Crippen LogP contribution is 2.32. The Bertz CT molecular complexity index is 875. The van der Waals surface area contributed by atoms with Gasteiger partial charge >= 0.3 is 0 Å². The van der Waals surface area contributed by atoms with E-state index in [9.17, 15) is 5.11 Å².